The van der Waals surface area contributed by atoms with Gasteiger partial charge in [0, 0.05) is 51.9 Å². The Morgan fingerprint density at radius 2 is 1.86 bits per heavy atom. The Kier molecular flexibility index (Phi) is 5.50. The molecule has 1 heterocycles. The predicted molar refractivity (Wildman–Crippen MR) is 96.8 cm³/mol. The predicted octanol–water partition coefficient (Wildman–Crippen LogP) is 4.56. The van der Waals surface area contributed by atoms with E-state index in [9.17, 15) is 0 Å². The van der Waals surface area contributed by atoms with Crippen molar-refractivity contribution in [2.75, 3.05) is 18.0 Å². The molecule has 0 aliphatic carbocycles. The molecule has 0 spiro atoms. The van der Waals surface area contributed by atoms with Gasteiger partial charge in [-0.05, 0) is 32.9 Å². The molecule has 0 saturated carbocycles. The van der Waals surface area contributed by atoms with E-state index in [0.29, 0.717) is 10.5 Å². The number of anilines is 1. The van der Waals surface area contributed by atoms with Crippen LogP contribution in [0, 0.1) is 0 Å². The van der Waals surface area contributed by atoms with Crippen LogP contribution in [0.3, 0.4) is 0 Å². The summed E-state index contributed by atoms with van der Waals surface area (Å²) in [5.41, 5.74) is 2.60. The first kappa shape index (κ1) is 17.0. The molecule has 1 fully saturated rings. The minimum atomic E-state index is 0.0920. The van der Waals surface area contributed by atoms with E-state index < -0.39 is 0 Å². The molecule has 0 bridgehead atoms. The Morgan fingerprint density at radius 1 is 1.24 bits per heavy atom. The summed E-state index contributed by atoms with van der Waals surface area (Å²) < 4.78 is 0. The lowest BCUT2D eigenvalue weighted by Gasteiger charge is -2.37. The van der Waals surface area contributed by atoms with Crippen LogP contribution in [-0.4, -0.2) is 29.1 Å². The summed E-state index contributed by atoms with van der Waals surface area (Å²) in [7, 11) is 0. The number of halogens is 1. The van der Waals surface area contributed by atoms with Gasteiger partial charge < -0.3 is 10.2 Å². The third kappa shape index (κ3) is 4.80. The van der Waals surface area contributed by atoms with Gasteiger partial charge in [-0.3, -0.25) is 0 Å². The average Bonchev–Trinajstić information content (AvgIpc) is 2.34. The zero-order chi connectivity index (χ0) is 15.6. The number of nitrogens with zero attached hydrogens (tertiary/aromatic N) is 1. The maximum atomic E-state index is 6.48. The highest BCUT2D eigenvalue weighted by Crippen LogP contribution is 2.33. The minimum Gasteiger partial charge on any atom is -0.369 e. The second kappa shape index (κ2) is 6.80. The molecular formula is C17H27ClN2S. The van der Waals surface area contributed by atoms with Crippen LogP contribution < -0.4 is 10.2 Å². The van der Waals surface area contributed by atoms with Gasteiger partial charge in [0.15, 0.2) is 0 Å². The van der Waals surface area contributed by atoms with Gasteiger partial charge in [-0.1, -0.05) is 31.5 Å². The fraction of sp³-hybridized carbons (Fsp3) is 0.647. The van der Waals surface area contributed by atoms with Crippen LogP contribution >= 0.6 is 23.4 Å². The van der Waals surface area contributed by atoms with E-state index in [1.54, 1.807) is 0 Å². The summed E-state index contributed by atoms with van der Waals surface area (Å²) in [6.07, 6.45) is 0. The summed E-state index contributed by atoms with van der Waals surface area (Å²) in [5, 5.41) is 5.75. The van der Waals surface area contributed by atoms with Gasteiger partial charge in [-0.15, -0.1) is 0 Å². The third-order valence-corrected chi connectivity index (χ3v) is 5.23. The van der Waals surface area contributed by atoms with Gasteiger partial charge >= 0.3 is 0 Å². The van der Waals surface area contributed by atoms with Gasteiger partial charge in [0.25, 0.3) is 0 Å². The average molecular weight is 327 g/mol. The van der Waals surface area contributed by atoms with Crippen molar-refractivity contribution in [3.8, 4) is 0 Å². The van der Waals surface area contributed by atoms with E-state index in [1.165, 1.54) is 11.3 Å². The second-order valence-electron chi connectivity index (χ2n) is 7.00. The summed E-state index contributed by atoms with van der Waals surface area (Å²) >= 11 is 8.56. The lowest BCUT2D eigenvalue weighted by Crippen LogP contribution is -2.41. The van der Waals surface area contributed by atoms with Crippen LogP contribution in [0.1, 0.15) is 40.2 Å². The van der Waals surface area contributed by atoms with Crippen molar-refractivity contribution in [2.24, 2.45) is 0 Å². The molecule has 1 aliphatic heterocycles. The SMILES string of the molecule is CC1CN(c2cccc(Cl)c2CNC(C)(C)C)CC(C)S1. The molecular weight excluding hydrogens is 300 g/mol. The second-order valence-corrected chi connectivity index (χ2v) is 9.29. The highest BCUT2D eigenvalue weighted by atomic mass is 35.5. The van der Waals surface area contributed by atoms with E-state index in [4.69, 9.17) is 11.6 Å². The molecule has 4 heteroatoms. The Bertz CT molecular complexity index is 474. The van der Waals surface area contributed by atoms with E-state index in [0.717, 1.165) is 24.7 Å². The van der Waals surface area contributed by atoms with Gasteiger partial charge in [-0.25, -0.2) is 0 Å². The van der Waals surface area contributed by atoms with Gasteiger partial charge in [-0.2, -0.15) is 11.8 Å². The van der Waals surface area contributed by atoms with Crippen molar-refractivity contribution >= 4 is 29.1 Å². The normalized spacial score (nSPS) is 23.4. The van der Waals surface area contributed by atoms with E-state index in [1.807, 2.05) is 6.07 Å². The monoisotopic (exact) mass is 326 g/mol. The first-order valence-corrected chi connectivity index (χ1v) is 9.01. The Hall–Kier alpha value is -0.380. The van der Waals surface area contributed by atoms with Crippen LogP contribution in [0.25, 0.3) is 0 Å². The van der Waals surface area contributed by atoms with Gasteiger partial charge in [0.05, 0.1) is 0 Å². The Morgan fingerprint density at radius 3 is 2.43 bits per heavy atom. The molecule has 0 aromatic heterocycles. The van der Waals surface area contributed by atoms with Crippen LogP contribution in [0.4, 0.5) is 5.69 Å². The van der Waals surface area contributed by atoms with Crippen molar-refractivity contribution in [1.29, 1.82) is 0 Å². The van der Waals surface area contributed by atoms with Gasteiger partial charge in [0.1, 0.15) is 0 Å². The molecule has 1 aromatic carbocycles. The first-order valence-electron chi connectivity index (χ1n) is 7.69. The number of hydrogen-bond donors (Lipinski definition) is 1. The summed E-state index contributed by atoms with van der Waals surface area (Å²) in [5.74, 6) is 0. The molecule has 0 radical (unpaired) electrons. The van der Waals surface area contributed by atoms with E-state index in [2.05, 4.69) is 68.7 Å². The number of thioether (sulfide) groups is 1. The van der Waals surface area contributed by atoms with Crippen LogP contribution in [0.15, 0.2) is 18.2 Å². The molecule has 2 atom stereocenters. The van der Waals surface area contributed by atoms with Crippen molar-refractivity contribution in [2.45, 2.75) is 57.2 Å². The molecule has 1 aliphatic rings. The number of benzene rings is 1. The quantitative estimate of drug-likeness (QED) is 0.876. The smallest absolute Gasteiger partial charge is 0.0471 e. The third-order valence-electron chi connectivity index (χ3n) is 3.65. The largest absolute Gasteiger partial charge is 0.369 e. The molecule has 1 N–H and O–H groups in total. The van der Waals surface area contributed by atoms with E-state index in [-0.39, 0.29) is 5.54 Å². The highest BCUT2D eigenvalue weighted by Gasteiger charge is 2.25. The van der Waals surface area contributed by atoms with Crippen LogP contribution in [0.5, 0.6) is 0 Å². The zero-order valence-electron chi connectivity index (χ0n) is 13.7. The first-order chi connectivity index (χ1) is 9.76. The number of rotatable bonds is 3. The molecule has 2 nitrogen and oxygen atoms in total. The van der Waals surface area contributed by atoms with Crippen LogP contribution in [0.2, 0.25) is 5.02 Å². The number of nitrogens with one attached hydrogen (secondary N) is 1. The summed E-state index contributed by atoms with van der Waals surface area (Å²) in [4.78, 5) is 2.50. The lowest BCUT2D eigenvalue weighted by atomic mass is 10.1. The highest BCUT2D eigenvalue weighted by molar-refractivity contribution is 8.00. The molecule has 21 heavy (non-hydrogen) atoms. The fourth-order valence-electron chi connectivity index (χ4n) is 2.75. The molecule has 0 amide bonds. The van der Waals surface area contributed by atoms with Crippen molar-refractivity contribution in [3.63, 3.8) is 0 Å². The summed E-state index contributed by atoms with van der Waals surface area (Å²) in [6.45, 7) is 14.2. The van der Waals surface area contributed by atoms with E-state index >= 15 is 0 Å². The topological polar surface area (TPSA) is 15.3 Å². The van der Waals surface area contributed by atoms with Crippen molar-refractivity contribution < 1.29 is 0 Å². The molecule has 2 rings (SSSR count). The van der Waals surface area contributed by atoms with Crippen molar-refractivity contribution in [1.82, 2.24) is 5.32 Å². The fourth-order valence-corrected chi connectivity index (χ4v) is 4.31. The Labute approximate surface area is 138 Å². The zero-order valence-corrected chi connectivity index (χ0v) is 15.3. The number of hydrogen-bond acceptors (Lipinski definition) is 3. The molecule has 1 aromatic rings. The summed E-state index contributed by atoms with van der Waals surface area (Å²) in [6, 6.07) is 6.27. The molecule has 118 valence electrons. The van der Waals surface area contributed by atoms with Gasteiger partial charge in [0.2, 0.25) is 0 Å². The molecule has 2 unspecified atom stereocenters. The van der Waals surface area contributed by atoms with Crippen molar-refractivity contribution in [3.05, 3.63) is 28.8 Å². The maximum Gasteiger partial charge on any atom is 0.0471 e. The minimum absolute atomic E-state index is 0.0920. The lowest BCUT2D eigenvalue weighted by molar-refractivity contribution is 0.424. The maximum absolute atomic E-state index is 6.48. The standard InChI is InChI=1S/C17H27ClN2S/c1-12-10-20(11-13(2)21-12)16-8-6-7-15(18)14(16)9-19-17(3,4)5/h6-8,12-13,19H,9-11H2,1-5H3. The molecule has 1 saturated heterocycles. The van der Waals surface area contributed by atoms with Crippen LogP contribution in [-0.2, 0) is 6.54 Å². The Balaban J connectivity index is 2.24.